The highest BCUT2D eigenvalue weighted by Crippen LogP contribution is 2.58. The van der Waals surface area contributed by atoms with E-state index in [-0.39, 0.29) is 18.3 Å². The van der Waals surface area contributed by atoms with Crippen molar-refractivity contribution >= 4 is 18.5 Å². The summed E-state index contributed by atoms with van der Waals surface area (Å²) in [6, 6.07) is 2.22. The van der Waals surface area contributed by atoms with E-state index in [0.29, 0.717) is 11.7 Å². The zero-order chi connectivity index (χ0) is 12.3. The summed E-state index contributed by atoms with van der Waals surface area (Å²) >= 11 is 1.77. The highest BCUT2D eigenvalue weighted by molar-refractivity contribution is 7.08. The Bertz CT molecular complexity index is 397. The molecule has 17 heavy (non-hydrogen) atoms. The van der Waals surface area contributed by atoms with Gasteiger partial charge in [-0.15, -0.1) is 0 Å². The summed E-state index contributed by atoms with van der Waals surface area (Å²) in [7, 11) is -0.0232. The van der Waals surface area contributed by atoms with Crippen LogP contribution in [0, 0.1) is 0 Å². The van der Waals surface area contributed by atoms with Gasteiger partial charge in [-0.05, 0) is 62.4 Å². The number of rotatable bonds is 2. The Morgan fingerprint density at radius 1 is 1.24 bits per heavy atom. The van der Waals surface area contributed by atoms with Gasteiger partial charge in [0.2, 0.25) is 0 Å². The number of hydrogen-bond acceptors (Lipinski definition) is 3. The van der Waals surface area contributed by atoms with Crippen molar-refractivity contribution in [1.82, 2.24) is 0 Å². The van der Waals surface area contributed by atoms with Gasteiger partial charge in [-0.25, -0.2) is 0 Å². The molecule has 1 aliphatic heterocycles. The smallest absolute Gasteiger partial charge is 0.403 e. The lowest BCUT2D eigenvalue weighted by Gasteiger charge is -2.32. The molecule has 2 atom stereocenters. The standard InChI is InChI=1S/C13H19BO2S/c1-12(2)13(3,4)16-14(15-12)11-7-10(11)9-5-6-17-8-9/h5-6,8,10-11H,7H2,1-4H3. The molecule has 0 spiro atoms. The first kappa shape index (κ1) is 11.8. The molecule has 92 valence electrons. The van der Waals surface area contributed by atoms with Gasteiger partial charge in [0.25, 0.3) is 0 Å². The first-order chi connectivity index (χ1) is 7.91. The lowest BCUT2D eigenvalue weighted by Crippen LogP contribution is -2.41. The van der Waals surface area contributed by atoms with Gasteiger partial charge in [-0.3, -0.25) is 0 Å². The predicted molar refractivity (Wildman–Crippen MR) is 71.5 cm³/mol. The molecular formula is C13H19BO2S. The lowest BCUT2D eigenvalue weighted by atomic mass is 9.80. The fourth-order valence-corrected chi connectivity index (χ4v) is 3.17. The molecule has 2 aliphatic rings. The molecule has 0 N–H and O–H groups in total. The average molecular weight is 250 g/mol. The number of hydrogen-bond donors (Lipinski definition) is 0. The maximum absolute atomic E-state index is 6.10. The summed E-state index contributed by atoms with van der Waals surface area (Å²) in [4.78, 5) is 0. The van der Waals surface area contributed by atoms with Crippen LogP contribution in [-0.2, 0) is 9.31 Å². The van der Waals surface area contributed by atoms with Gasteiger partial charge in [-0.1, -0.05) is 0 Å². The lowest BCUT2D eigenvalue weighted by molar-refractivity contribution is 0.00578. The zero-order valence-corrected chi connectivity index (χ0v) is 11.7. The summed E-state index contributed by atoms with van der Waals surface area (Å²) in [5, 5.41) is 4.39. The monoisotopic (exact) mass is 250 g/mol. The Balaban J connectivity index is 1.70. The molecule has 1 aliphatic carbocycles. The molecule has 3 rings (SSSR count). The Morgan fingerprint density at radius 3 is 2.41 bits per heavy atom. The molecule has 0 amide bonds. The van der Waals surface area contributed by atoms with Crippen LogP contribution in [-0.4, -0.2) is 18.3 Å². The van der Waals surface area contributed by atoms with Crippen LogP contribution in [0.3, 0.4) is 0 Å². The number of thiophene rings is 1. The first-order valence-electron chi connectivity index (χ1n) is 6.28. The second-order valence-corrected chi connectivity index (χ2v) is 6.97. The zero-order valence-electron chi connectivity index (χ0n) is 10.9. The van der Waals surface area contributed by atoms with Crippen LogP contribution in [0.4, 0.5) is 0 Å². The van der Waals surface area contributed by atoms with E-state index < -0.39 is 0 Å². The third-order valence-corrected chi connectivity index (χ3v) is 5.13. The van der Waals surface area contributed by atoms with Crippen molar-refractivity contribution in [3.05, 3.63) is 22.4 Å². The van der Waals surface area contributed by atoms with Crippen molar-refractivity contribution < 1.29 is 9.31 Å². The maximum atomic E-state index is 6.10. The SMILES string of the molecule is CC1(C)OB(C2CC2c2ccsc2)OC1(C)C. The maximum Gasteiger partial charge on any atom is 0.461 e. The van der Waals surface area contributed by atoms with Crippen LogP contribution in [0.1, 0.15) is 45.6 Å². The molecule has 0 bridgehead atoms. The van der Waals surface area contributed by atoms with E-state index in [1.807, 2.05) is 0 Å². The Morgan fingerprint density at radius 2 is 1.88 bits per heavy atom. The Kier molecular flexibility index (Phi) is 2.48. The van der Waals surface area contributed by atoms with E-state index in [9.17, 15) is 0 Å². The average Bonchev–Trinajstić information content (AvgIpc) is 2.75. The summed E-state index contributed by atoms with van der Waals surface area (Å²) in [6.07, 6.45) is 1.20. The van der Waals surface area contributed by atoms with Crippen molar-refractivity contribution in [2.75, 3.05) is 0 Å². The van der Waals surface area contributed by atoms with Gasteiger partial charge in [0.05, 0.1) is 11.2 Å². The summed E-state index contributed by atoms with van der Waals surface area (Å²) in [5.74, 6) is 1.20. The predicted octanol–water partition coefficient (Wildman–Crippen LogP) is 3.70. The van der Waals surface area contributed by atoms with E-state index >= 15 is 0 Å². The molecule has 1 aromatic rings. The summed E-state index contributed by atoms with van der Waals surface area (Å²) in [6.45, 7) is 8.48. The summed E-state index contributed by atoms with van der Waals surface area (Å²) < 4.78 is 12.2. The fourth-order valence-electron chi connectivity index (χ4n) is 2.45. The van der Waals surface area contributed by atoms with Crippen molar-refractivity contribution in [2.24, 2.45) is 0 Å². The molecular weight excluding hydrogens is 231 g/mol. The molecule has 2 heterocycles. The van der Waals surface area contributed by atoms with E-state index in [2.05, 4.69) is 44.5 Å². The third-order valence-electron chi connectivity index (χ3n) is 4.43. The van der Waals surface area contributed by atoms with E-state index in [1.165, 1.54) is 12.0 Å². The minimum Gasteiger partial charge on any atom is -0.403 e. The third kappa shape index (κ3) is 1.87. The van der Waals surface area contributed by atoms with Crippen LogP contribution in [0.15, 0.2) is 16.8 Å². The second kappa shape index (κ2) is 3.59. The molecule has 2 nitrogen and oxygen atoms in total. The topological polar surface area (TPSA) is 18.5 Å². The highest BCUT2D eigenvalue weighted by Gasteiger charge is 2.59. The van der Waals surface area contributed by atoms with Gasteiger partial charge in [0, 0.05) is 5.82 Å². The molecule has 2 unspecified atom stereocenters. The van der Waals surface area contributed by atoms with Crippen molar-refractivity contribution in [3.8, 4) is 0 Å². The van der Waals surface area contributed by atoms with Crippen LogP contribution in [0.2, 0.25) is 5.82 Å². The molecule has 0 aromatic carbocycles. The molecule has 1 saturated carbocycles. The van der Waals surface area contributed by atoms with E-state index in [0.717, 1.165) is 0 Å². The molecule has 1 aromatic heterocycles. The minimum atomic E-state index is -0.195. The van der Waals surface area contributed by atoms with Gasteiger partial charge in [-0.2, -0.15) is 11.3 Å². The Labute approximate surface area is 107 Å². The van der Waals surface area contributed by atoms with Crippen molar-refractivity contribution in [3.63, 3.8) is 0 Å². The van der Waals surface area contributed by atoms with Crippen molar-refractivity contribution in [1.29, 1.82) is 0 Å². The second-order valence-electron chi connectivity index (χ2n) is 6.19. The molecule has 2 fully saturated rings. The molecule has 0 radical (unpaired) electrons. The normalized spacial score (nSPS) is 34.0. The summed E-state index contributed by atoms with van der Waals surface area (Å²) in [5.41, 5.74) is 1.06. The molecule has 1 saturated heterocycles. The van der Waals surface area contributed by atoms with Crippen LogP contribution in [0.5, 0.6) is 0 Å². The molecule has 4 heteroatoms. The van der Waals surface area contributed by atoms with E-state index in [1.54, 1.807) is 11.3 Å². The first-order valence-corrected chi connectivity index (χ1v) is 7.23. The van der Waals surface area contributed by atoms with Crippen LogP contribution >= 0.6 is 11.3 Å². The fraction of sp³-hybridized carbons (Fsp3) is 0.692. The van der Waals surface area contributed by atoms with Gasteiger partial charge < -0.3 is 9.31 Å². The van der Waals surface area contributed by atoms with Gasteiger partial charge in [0.15, 0.2) is 0 Å². The van der Waals surface area contributed by atoms with Crippen LogP contribution < -0.4 is 0 Å². The quantitative estimate of drug-likeness (QED) is 0.745. The van der Waals surface area contributed by atoms with E-state index in [4.69, 9.17) is 9.31 Å². The largest absolute Gasteiger partial charge is 0.461 e. The minimum absolute atomic E-state index is 0.0232. The van der Waals surface area contributed by atoms with Gasteiger partial charge >= 0.3 is 7.12 Å². The van der Waals surface area contributed by atoms with Crippen molar-refractivity contribution in [2.45, 2.75) is 57.1 Å². The Hall–Kier alpha value is -0.315. The van der Waals surface area contributed by atoms with Crippen LogP contribution in [0.25, 0.3) is 0 Å². The highest BCUT2D eigenvalue weighted by atomic mass is 32.1. The van der Waals surface area contributed by atoms with Gasteiger partial charge in [0.1, 0.15) is 0 Å².